The Kier molecular flexibility index (Phi) is 3.46. The predicted molar refractivity (Wildman–Crippen MR) is 63.9 cm³/mol. The van der Waals surface area contributed by atoms with E-state index >= 15 is 0 Å². The smallest absolute Gasteiger partial charge is 0.382 e. The Bertz CT molecular complexity index is 446. The van der Waals surface area contributed by atoms with Crippen molar-refractivity contribution in [2.45, 2.75) is 12.3 Å². The van der Waals surface area contributed by atoms with Gasteiger partial charge in [0.15, 0.2) is 6.10 Å². The molecule has 8 heteroatoms. The van der Waals surface area contributed by atoms with Crippen LogP contribution in [0.15, 0.2) is 14.8 Å². The lowest BCUT2D eigenvalue weighted by Crippen LogP contribution is -2.42. The molecule has 0 aromatic carbocycles. The van der Waals surface area contributed by atoms with Gasteiger partial charge in [-0.3, -0.25) is 4.99 Å². The summed E-state index contributed by atoms with van der Waals surface area (Å²) in [6.45, 7) is -0.375. The number of hydrogen-bond donors (Lipinski definition) is 1. The minimum absolute atomic E-state index is 0.128. The van der Waals surface area contributed by atoms with E-state index < -0.39 is 18.8 Å². The summed E-state index contributed by atoms with van der Waals surface area (Å²) in [6.07, 6.45) is -5.34. The van der Waals surface area contributed by atoms with Crippen LogP contribution in [-0.2, 0) is 0 Å². The predicted octanol–water partition coefficient (Wildman–Crippen LogP) is 2.63. The van der Waals surface area contributed by atoms with Crippen LogP contribution in [0.5, 0.6) is 0 Å². The highest BCUT2D eigenvalue weighted by Crippen LogP contribution is 2.35. The molecule has 1 unspecified atom stereocenters. The number of aliphatic hydroxyl groups excluding tert-OH is 1. The van der Waals surface area contributed by atoms with Crippen LogP contribution >= 0.6 is 27.3 Å². The second-order valence-corrected chi connectivity index (χ2v) is 6.00. The highest BCUT2D eigenvalue weighted by molar-refractivity contribution is 9.11. The van der Waals surface area contributed by atoms with E-state index in [1.165, 1.54) is 16.2 Å². The molecule has 2 rings (SSSR count). The highest BCUT2D eigenvalue weighted by atomic mass is 79.9. The molecule has 0 amide bonds. The Labute approximate surface area is 108 Å². The molecule has 1 aliphatic rings. The van der Waals surface area contributed by atoms with Crippen molar-refractivity contribution in [3.05, 3.63) is 14.7 Å². The largest absolute Gasteiger partial charge is 0.416 e. The molecule has 1 atom stereocenters. The molecule has 2 heterocycles. The highest BCUT2D eigenvalue weighted by Gasteiger charge is 2.39. The number of β-amino-alcohol motifs (C(OH)–C–C–N with tert-alkyl or cyclic N) is 1. The van der Waals surface area contributed by atoms with Gasteiger partial charge in [-0.2, -0.15) is 13.2 Å². The average Bonchev–Trinajstić information content (AvgIpc) is 2.58. The SMILES string of the molecule is OC(CN1CN=Cc2sc(Br)cc21)C(F)(F)F. The normalized spacial score (nSPS) is 17.1. The molecular weight excluding hydrogens is 321 g/mol. The Hall–Kier alpha value is -0.600. The Morgan fingerprint density at radius 2 is 2.29 bits per heavy atom. The third kappa shape index (κ3) is 2.80. The van der Waals surface area contributed by atoms with Gasteiger partial charge >= 0.3 is 6.18 Å². The molecule has 0 saturated carbocycles. The fourth-order valence-corrected chi connectivity index (χ4v) is 3.01. The van der Waals surface area contributed by atoms with Crippen molar-refractivity contribution in [3.63, 3.8) is 0 Å². The number of hydrogen-bond acceptors (Lipinski definition) is 4. The number of thiophene rings is 1. The van der Waals surface area contributed by atoms with E-state index in [2.05, 4.69) is 20.9 Å². The van der Waals surface area contributed by atoms with E-state index in [1.807, 2.05) is 0 Å². The first kappa shape index (κ1) is 12.8. The van der Waals surface area contributed by atoms with Crippen LogP contribution in [0, 0.1) is 0 Å². The number of fused-ring (bicyclic) bond motifs is 1. The number of halogens is 4. The molecule has 0 saturated heterocycles. The third-order valence-electron chi connectivity index (χ3n) is 2.28. The summed E-state index contributed by atoms with van der Waals surface area (Å²) >= 11 is 4.66. The van der Waals surface area contributed by atoms with E-state index in [-0.39, 0.29) is 6.67 Å². The molecule has 3 nitrogen and oxygen atoms in total. The van der Waals surface area contributed by atoms with Gasteiger partial charge in [0, 0.05) is 6.21 Å². The number of nitrogens with zero attached hydrogens (tertiary/aromatic N) is 2. The Morgan fingerprint density at radius 3 is 2.94 bits per heavy atom. The fraction of sp³-hybridized carbons (Fsp3) is 0.444. The number of alkyl halides is 3. The third-order valence-corrected chi connectivity index (χ3v) is 3.84. The monoisotopic (exact) mass is 328 g/mol. The number of aliphatic hydroxyl groups is 1. The lowest BCUT2D eigenvalue weighted by atomic mass is 10.2. The number of aliphatic imine (C=N–C) groups is 1. The van der Waals surface area contributed by atoms with Gasteiger partial charge < -0.3 is 10.0 Å². The molecule has 94 valence electrons. The van der Waals surface area contributed by atoms with E-state index in [1.54, 1.807) is 12.3 Å². The van der Waals surface area contributed by atoms with Crippen LogP contribution in [0.4, 0.5) is 18.9 Å². The van der Waals surface area contributed by atoms with Crippen LogP contribution in [0.3, 0.4) is 0 Å². The summed E-state index contributed by atoms with van der Waals surface area (Å²) < 4.78 is 37.6. The van der Waals surface area contributed by atoms with Crippen molar-refractivity contribution in [2.24, 2.45) is 4.99 Å². The van der Waals surface area contributed by atoms with E-state index in [0.29, 0.717) is 5.69 Å². The van der Waals surface area contributed by atoms with Gasteiger partial charge in [0.25, 0.3) is 0 Å². The van der Waals surface area contributed by atoms with Gasteiger partial charge in [0.05, 0.1) is 20.9 Å². The first-order valence-electron chi connectivity index (χ1n) is 4.67. The summed E-state index contributed by atoms with van der Waals surface area (Å²) in [6, 6.07) is 1.73. The van der Waals surface area contributed by atoms with Crippen molar-refractivity contribution >= 4 is 39.2 Å². The average molecular weight is 329 g/mol. The maximum atomic E-state index is 12.3. The zero-order valence-electron chi connectivity index (χ0n) is 8.41. The van der Waals surface area contributed by atoms with E-state index in [0.717, 1.165) is 8.66 Å². The van der Waals surface area contributed by atoms with Gasteiger partial charge in [0.1, 0.15) is 6.67 Å². The zero-order chi connectivity index (χ0) is 12.6. The van der Waals surface area contributed by atoms with Crippen molar-refractivity contribution in [1.29, 1.82) is 0 Å². The van der Waals surface area contributed by atoms with Crippen molar-refractivity contribution in [3.8, 4) is 0 Å². The second kappa shape index (κ2) is 4.58. The summed E-state index contributed by atoms with van der Waals surface area (Å²) in [4.78, 5) is 6.16. The Balaban J connectivity index is 2.16. The summed E-state index contributed by atoms with van der Waals surface area (Å²) in [5, 5.41) is 9.04. The molecule has 0 spiro atoms. The Morgan fingerprint density at radius 1 is 1.59 bits per heavy atom. The maximum Gasteiger partial charge on any atom is 0.416 e. The van der Waals surface area contributed by atoms with Crippen LogP contribution in [0.1, 0.15) is 4.88 Å². The molecule has 1 aliphatic heterocycles. The van der Waals surface area contributed by atoms with Gasteiger partial charge in [-0.1, -0.05) is 0 Å². The molecule has 1 aromatic rings. The van der Waals surface area contributed by atoms with Crippen molar-refractivity contribution in [2.75, 3.05) is 18.1 Å². The van der Waals surface area contributed by atoms with Gasteiger partial charge in [0.2, 0.25) is 0 Å². The number of rotatable bonds is 2. The lowest BCUT2D eigenvalue weighted by molar-refractivity contribution is -0.200. The summed E-state index contributed by atoms with van der Waals surface area (Å²) in [5.41, 5.74) is 0.667. The van der Waals surface area contributed by atoms with Crippen LogP contribution in [0.25, 0.3) is 0 Å². The summed E-state index contributed by atoms with van der Waals surface area (Å²) in [7, 11) is 0. The molecule has 1 N–H and O–H groups in total. The van der Waals surface area contributed by atoms with Crippen LogP contribution in [0.2, 0.25) is 0 Å². The molecule has 0 bridgehead atoms. The minimum atomic E-state index is -4.60. The van der Waals surface area contributed by atoms with Gasteiger partial charge in [-0.25, -0.2) is 0 Å². The molecule has 1 aromatic heterocycles. The van der Waals surface area contributed by atoms with Crippen molar-refractivity contribution in [1.82, 2.24) is 0 Å². The molecule has 0 radical (unpaired) electrons. The van der Waals surface area contributed by atoms with Crippen LogP contribution < -0.4 is 4.90 Å². The molecule has 0 aliphatic carbocycles. The second-order valence-electron chi connectivity index (χ2n) is 3.53. The quantitative estimate of drug-likeness (QED) is 0.905. The molecule has 0 fully saturated rings. The standard InChI is InChI=1S/C9H8BrF3N2OS/c10-8-1-5-6(17-8)2-14-4-15(5)3-7(16)9(11,12)13/h1-2,7,16H,3-4H2. The molecular formula is C9H8BrF3N2OS. The van der Waals surface area contributed by atoms with Gasteiger partial charge in [-0.05, 0) is 22.0 Å². The van der Waals surface area contributed by atoms with E-state index in [4.69, 9.17) is 5.11 Å². The first-order valence-corrected chi connectivity index (χ1v) is 6.28. The minimum Gasteiger partial charge on any atom is -0.382 e. The lowest BCUT2D eigenvalue weighted by Gasteiger charge is -2.28. The van der Waals surface area contributed by atoms with Crippen molar-refractivity contribution < 1.29 is 18.3 Å². The molecule has 17 heavy (non-hydrogen) atoms. The maximum absolute atomic E-state index is 12.3. The number of anilines is 1. The topological polar surface area (TPSA) is 35.8 Å². The van der Waals surface area contributed by atoms with Crippen LogP contribution in [-0.4, -0.2) is 36.8 Å². The van der Waals surface area contributed by atoms with E-state index in [9.17, 15) is 13.2 Å². The zero-order valence-corrected chi connectivity index (χ0v) is 10.8. The fourth-order valence-electron chi connectivity index (χ4n) is 1.47. The summed E-state index contributed by atoms with van der Waals surface area (Å²) in [5.74, 6) is 0. The van der Waals surface area contributed by atoms with Gasteiger partial charge in [-0.15, -0.1) is 11.3 Å². The first-order chi connectivity index (χ1) is 7.88.